The van der Waals surface area contributed by atoms with E-state index in [0.29, 0.717) is 23.0 Å². The van der Waals surface area contributed by atoms with E-state index in [-0.39, 0.29) is 23.4 Å². The van der Waals surface area contributed by atoms with E-state index in [2.05, 4.69) is 45.2 Å². The van der Waals surface area contributed by atoms with Crippen LogP contribution in [0.25, 0.3) is 0 Å². The monoisotopic (exact) mass is 506 g/mol. The van der Waals surface area contributed by atoms with Crippen LogP contribution in [0.4, 0.5) is 0 Å². The van der Waals surface area contributed by atoms with Gasteiger partial charge < -0.3 is 0 Å². The molecule has 0 spiro atoms. The SMILES string of the molecule is O=C1c2cc(I)cc(I)c2C(=O)C2CC3CCCC3CC12. The topological polar surface area (TPSA) is 34.1 Å². The van der Waals surface area contributed by atoms with Gasteiger partial charge >= 0.3 is 0 Å². The molecule has 3 aliphatic carbocycles. The number of benzene rings is 1. The van der Waals surface area contributed by atoms with Gasteiger partial charge in [-0.15, -0.1) is 0 Å². The molecular formula is C17H16I2O2. The van der Waals surface area contributed by atoms with Crippen LogP contribution in [0, 0.1) is 30.8 Å². The summed E-state index contributed by atoms with van der Waals surface area (Å²) in [5.41, 5.74) is 1.40. The van der Waals surface area contributed by atoms with Gasteiger partial charge in [-0.2, -0.15) is 0 Å². The summed E-state index contributed by atoms with van der Waals surface area (Å²) in [6, 6.07) is 3.92. The third kappa shape index (κ3) is 2.23. The number of carbonyl (C=O) groups is 2. The molecule has 0 aliphatic heterocycles. The third-order valence-corrected chi connectivity index (χ3v) is 7.13. The lowest BCUT2D eigenvalue weighted by atomic mass is 9.62. The van der Waals surface area contributed by atoms with Crippen LogP contribution < -0.4 is 0 Å². The first-order chi connectivity index (χ1) is 10.1. The first-order valence-corrected chi connectivity index (χ1v) is 9.79. The van der Waals surface area contributed by atoms with Gasteiger partial charge in [0.05, 0.1) is 0 Å². The average Bonchev–Trinajstić information content (AvgIpc) is 2.89. The van der Waals surface area contributed by atoms with Crippen LogP contribution in [0.1, 0.15) is 52.8 Å². The maximum Gasteiger partial charge on any atom is 0.168 e. The largest absolute Gasteiger partial charge is 0.294 e. The molecule has 4 rings (SSSR count). The van der Waals surface area contributed by atoms with Gasteiger partial charge in [-0.1, -0.05) is 19.3 Å². The van der Waals surface area contributed by atoms with Crippen molar-refractivity contribution in [1.82, 2.24) is 0 Å². The molecule has 2 saturated carbocycles. The Morgan fingerprint density at radius 3 is 2.19 bits per heavy atom. The smallest absolute Gasteiger partial charge is 0.168 e. The summed E-state index contributed by atoms with van der Waals surface area (Å²) in [5, 5.41) is 0. The number of hydrogen-bond donors (Lipinski definition) is 0. The molecule has 4 heteroatoms. The van der Waals surface area contributed by atoms with E-state index in [0.717, 1.165) is 20.0 Å². The Kier molecular flexibility index (Phi) is 3.67. The van der Waals surface area contributed by atoms with Gasteiger partial charge in [0.25, 0.3) is 0 Å². The van der Waals surface area contributed by atoms with Crippen molar-refractivity contribution in [3.63, 3.8) is 0 Å². The van der Waals surface area contributed by atoms with E-state index < -0.39 is 0 Å². The van der Waals surface area contributed by atoms with Crippen molar-refractivity contribution in [3.05, 3.63) is 30.4 Å². The predicted molar refractivity (Wildman–Crippen MR) is 97.6 cm³/mol. The second-order valence-electron chi connectivity index (χ2n) is 6.67. The van der Waals surface area contributed by atoms with Crippen LogP contribution in [0.3, 0.4) is 0 Å². The molecule has 0 heterocycles. The molecule has 1 aromatic rings. The molecule has 0 amide bonds. The number of fused-ring (bicyclic) bond motifs is 3. The Balaban J connectivity index is 1.81. The fourth-order valence-electron chi connectivity index (χ4n) is 4.70. The minimum atomic E-state index is -0.0436. The lowest BCUT2D eigenvalue weighted by molar-refractivity contribution is 0.0568. The second kappa shape index (κ2) is 5.28. The van der Waals surface area contributed by atoms with Gasteiger partial charge in [0.2, 0.25) is 0 Å². The molecule has 21 heavy (non-hydrogen) atoms. The van der Waals surface area contributed by atoms with Crippen LogP contribution in [0.5, 0.6) is 0 Å². The number of halogens is 2. The summed E-state index contributed by atoms with van der Waals surface area (Å²) in [7, 11) is 0. The highest BCUT2D eigenvalue weighted by molar-refractivity contribution is 14.1. The molecule has 0 bridgehead atoms. The van der Waals surface area contributed by atoms with Gasteiger partial charge in [-0.3, -0.25) is 9.59 Å². The quantitative estimate of drug-likeness (QED) is 0.478. The van der Waals surface area contributed by atoms with Crippen LogP contribution in [0.15, 0.2) is 12.1 Å². The molecule has 2 fully saturated rings. The van der Waals surface area contributed by atoms with Crippen molar-refractivity contribution >= 4 is 56.7 Å². The Morgan fingerprint density at radius 1 is 0.905 bits per heavy atom. The van der Waals surface area contributed by atoms with Crippen molar-refractivity contribution in [2.75, 3.05) is 0 Å². The molecule has 0 N–H and O–H groups in total. The average molecular weight is 506 g/mol. The molecule has 2 nitrogen and oxygen atoms in total. The van der Waals surface area contributed by atoms with Gasteiger partial charge in [0, 0.05) is 30.1 Å². The van der Waals surface area contributed by atoms with Crippen molar-refractivity contribution < 1.29 is 9.59 Å². The van der Waals surface area contributed by atoms with Crippen molar-refractivity contribution in [2.24, 2.45) is 23.7 Å². The summed E-state index contributed by atoms with van der Waals surface area (Å²) in [6.07, 6.45) is 5.68. The minimum Gasteiger partial charge on any atom is -0.294 e. The van der Waals surface area contributed by atoms with E-state index in [4.69, 9.17) is 0 Å². The lowest BCUT2D eigenvalue weighted by Crippen LogP contribution is -2.43. The third-order valence-electron chi connectivity index (χ3n) is 5.66. The molecule has 4 atom stereocenters. The molecule has 1 aromatic carbocycles. The maximum atomic E-state index is 13.0. The number of hydrogen-bond acceptors (Lipinski definition) is 2. The first kappa shape index (κ1) is 14.6. The fraction of sp³-hybridized carbons (Fsp3) is 0.529. The zero-order valence-electron chi connectivity index (χ0n) is 11.6. The zero-order valence-corrected chi connectivity index (χ0v) is 15.9. The standard InChI is InChI=1S/C17H16I2O2/c18-10-6-13-15(14(19)7-10)17(21)12-5-9-3-1-2-8(9)4-11(12)16(13)20/h6-9,11-12H,1-5H2. The summed E-state index contributed by atoms with van der Waals surface area (Å²) in [6.45, 7) is 0. The predicted octanol–water partition coefficient (Wildman–Crippen LogP) is 4.72. The summed E-state index contributed by atoms with van der Waals surface area (Å²) < 4.78 is 1.99. The van der Waals surface area contributed by atoms with Crippen LogP contribution in [-0.2, 0) is 0 Å². The van der Waals surface area contributed by atoms with Gasteiger partial charge in [-0.05, 0) is 82.0 Å². The highest BCUT2D eigenvalue weighted by Crippen LogP contribution is 2.50. The highest BCUT2D eigenvalue weighted by atomic mass is 127. The summed E-state index contributed by atoms with van der Waals surface area (Å²) in [4.78, 5) is 25.9. The van der Waals surface area contributed by atoms with Crippen LogP contribution in [-0.4, -0.2) is 11.6 Å². The van der Waals surface area contributed by atoms with Gasteiger partial charge in [0.1, 0.15) is 0 Å². The van der Waals surface area contributed by atoms with Crippen molar-refractivity contribution in [3.8, 4) is 0 Å². The Labute approximate surface area is 151 Å². The van der Waals surface area contributed by atoms with Crippen LogP contribution in [0.2, 0.25) is 0 Å². The fourth-order valence-corrected chi connectivity index (χ4v) is 6.81. The molecule has 0 radical (unpaired) electrons. The molecule has 0 saturated heterocycles. The number of carbonyl (C=O) groups excluding carboxylic acids is 2. The minimum absolute atomic E-state index is 0.0432. The maximum absolute atomic E-state index is 13.0. The van der Waals surface area contributed by atoms with Gasteiger partial charge in [0.15, 0.2) is 11.6 Å². The summed E-state index contributed by atoms with van der Waals surface area (Å²) in [5.74, 6) is 1.76. The van der Waals surface area contributed by atoms with E-state index >= 15 is 0 Å². The molecule has 110 valence electrons. The summed E-state index contributed by atoms with van der Waals surface area (Å²) >= 11 is 4.44. The van der Waals surface area contributed by atoms with Gasteiger partial charge in [-0.25, -0.2) is 0 Å². The number of ketones is 2. The first-order valence-electron chi connectivity index (χ1n) is 7.63. The van der Waals surface area contributed by atoms with E-state index in [1.807, 2.05) is 12.1 Å². The Bertz CT molecular complexity index is 652. The Hall–Kier alpha value is 0.0200. The second-order valence-corrected chi connectivity index (χ2v) is 9.08. The van der Waals surface area contributed by atoms with E-state index in [9.17, 15) is 9.59 Å². The lowest BCUT2D eigenvalue weighted by Gasteiger charge is -2.40. The molecule has 3 aliphatic rings. The zero-order chi connectivity index (χ0) is 14.7. The Morgan fingerprint density at radius 2 is 1.52 bits per heavy atom. The highest BCUT2D eigenvalue weighted by Gasteiger charge is 2.49. The van der Waals surface area contributed by atoms with E-state index in [1.54, 1.807) is 0 Å². The van der Waals surface area contributed by atoms with Crippen molar-refractivity contribution in [1.29, 1.82) is 0 Å². The normalized spacial score (nSPS) is 34.4. The number of Topliss-reactive ketones (excluding diaryl/α,β-unsaturated/α-hetero) is 2. The molecule has 0 aromatic heterocycles. The van der Waals surface area contributed by atoms with E-state index in [1.165, 1.54) is 19.3 Å². The van der Waals surface area contributed by atoms with Crippen LogP contribution >= 0.6 is 45.2 Å². The molecular weight excluding hydrogens is 490 g/mol. The van der Waals surface area contributed by atoms with Crippen molar-refractivity contribution in [2.45, 2.75) is 32.1 Å². The number of rotatable bonds is 0. The molecule has 4 unspecified atom stereocenters.